The molecule has 16 heavy (non-hydrogen) atoms. The first-order valence-electron chi connectivity index (χ1n) is 6.00. The molecule has 0 aliphatic heterocycles. The fourth-order valence-electron chi connectivity index (χ4n) is 2.72. The SMILES string of the molecule is CBc1cccc2c1-c1cc(C)ccc1C2. The predicted octanol–water partition coefficient (Wildman–Crippen LogP) is 2.68. The van der Waals surface area contributed by atoms with E-state index in [0.29, 0.717) is 0 Å². The molecule has 1 aliphatic carbocycles. The summed E-state index contributed by atoms with van der Waals surface area (Å²) in [6, 6.07) is 13.6. The zero-order valence-electron chi connectivity index (χ0n) is 9.88. The first-order valence-corrected chi connectivity index (χ1v) is 6.00. The lowest BCUT2D eigenvalue weighted by atomic mass is 9.69. The van der Waals surface area contributed by atoms with E-state index in [0.717, 1.165) is 13.7 Å². The van der Waals surface area contributed by atoms with Gasteiger partial charge in [-0.05, 0) is 35.6 Å². The van der Waals surface area contributed by atoms with E-state index in [9.17, 15) is 0 Å². The van der Waals surface area contributed by atoms with Crippen LogP contribution in [0.3, 0.4) is 0 Å². The van der Waals surface area contributed by atoms with Crippen LogP contribution in [0.5, 0.6) is 0 Å². The van der Waals surface area contributed by atoms with Crippen LogP contribution in [-0.2, 0) is 6.42 Å². The second-order valence-electron chi connectivity index (χ2n) is 4.64. The lowest BCUT2D eigenvalue weighted by Crippen LogP contribution is -2.13. The highest BCUT2D eigenvalue weighted by molar-refractivity contribution is 6.54. The number of benzene rings is 2. The van der Waals surface area contributed by atoms with Crippen molar-refractivity contribution in [2.24, 2.45) is 0 Å². The Bertz CT molecular complexity index is 555. The summed E-state index contributed by atoms with van der Waals surface area (Å²) in [5.74, 6) is 0. The van der Waals surface area contributed by atoms with E-state index < -0.39 is 0 Å². The van der Waals surface area contributed by atoms with Crippen molar-refractivity contribution in [3.8, 4) is 11.1 Å². The second-order valence-corrected chi connectivity index (χ2v) is 4.64. The predicted molar refractivity (Wildman–Crippen MR) is 72.1 cm³/mol. The smallest absolute Gasteiger partial charge is 0.0849 e. The van der Waals surface area contributed by atoms with E-state index >= 15 is 0 Å². The minimum absolute atomic E-state index is 1.11. The van der Waals surface area contributed by atoms with Gasteiger partial charge < -0.3 is 0 Å². The van der Waals surface area contributed by atoms with Gasteiger partial charge >= 0.3 is 0 Å². The van der Waals surface area contributed by atoms with Crippen LogP contribution < -0.4 is 5.46 Å². The van der Waals surface area contributed by atoms with Crippen LogP contribution in [0.25, 0.3) is 11.1 Å². The summed E-state index contributed by atoms with van der Waals surface area (Å²) in [5.41, 5.74) is 8.80. The van der Waals surface area contributed by atoms with Gasteiger partial charge in [0.2, 0.25) is 0 Å². The van der Waals surface area contributed by atoms with Gasteiger partial charge in [-0.1, -0.05) is 54.2 Å². The molecule has 78 valence electrons. The second kappa shape index (κ2) is 3.52. The van der Waals surface area contributed by atoms with E-state index in [1.807, 2.05) is 0 Å². The number of hydrogen-bond acceptors (Lipinski definition) is 0. The Morgan fingerprint density at radius 2 is 1.94 bits per heavy atom. The maximum Gasteiger partial charge on any atom is 0.155 e. The molecule has 0 radical (unpaired) electrons. The molecule has 0 unspecified atom stereocenters. The van der Waals surface area contributed by atoms with Crippen LogP contribution in [0.1, 0.15) is 16.7 Å². The van der Waals surface area contributed by atoms with Crippen LogP contribution in [0.4, 0.5) is 0 Å². The summed E-state index contributed by atoms with van der Waals surface area (Å²) in [6.07, 6.45) is 1.11. The molecule has 0 nitrogen and oxygen atoms in total. The normalized spacial score (nSPS) is 12.1. The highest BCUT2D eigenvalue weighted by Crippen LogP contribution is 2.35. The monoisotopic (exact) mass is 206 g/mol. The molecular formula is C15H15B. The van der Waals surface area contributed by atoms with Crippen molar-refractivity contribution in [1.82, 2.24) is 0 Å². The van der Waals surface area contributed by atoms with Gasteiger partial charge in [-0.2, -0.15) is 0 Å². The number of fused-ring (bicyclic) bond motifs is 3. The highest BCUT2D eigenvalue weighted by Gasteiger charge is 2.20. The highest BCUT2D eigenvalue weighted by atomic mass is 14.2. The Morgan fingerprint density at radius 1 is 1.06 bits per heavy atom. The molecule has 1 heteroatoms. The first kappa shape index (κ1) is 9.71. The van der Waals surface area contributed by atoms with Crippen LogP contribution in [0, 0.1) is 6.92 Å². The molecule has 2 aromatic carbocycles. The molecule has 2 aromatic rings. The number of rotatable bonds is 1. The van der Waals surface area contributed by atoms with Gasteiger partial charge in [0.1, 0.15) is 0 Å². The summed E-state index contributed by atoms with van der Waals surface area (Å²) in [4.78, 5) is 0. The first-order chi connectivity index (χ1) is 7.79. The summed E-state index contributed by atoms with van der Waals surface area (Å²) in [6.45, 7) is 4.41. The van der Waals surface area contributed by atoms with Crippen molar-refractivity contribution in [2.45, 2.75) is 20.2 Å². The zero-order chi connectivity index (χ0) is 11.1. The van der Waals surface area contributed by atoms with E-state index in [4.69, 9.17) is 0 Å². The molecule has 3 rings (SSSR count). The topological polar surface area (TPSA) is 0 Å². The lowest BCUT2D eigenvalue weighted by molar-refractivity contribution is 1.26. The maximum absolute atomic E-state index is 2.33. The van der Waals surface area contributed by atoms with Crippen LogP contribution >= 0.6 is 0 Å². The number of hydrogen-bond donors (Lipinski definition) is 0. The molecule has 0 N–H and O–H groups in total. The third-order valence-corrected chi connectivity index (χ3v) is 3.53. The molecule has 0 atom stereocenters. The average Bonchev–Trinajstić information content (AvgIpc) is 2.66. The molecule has 0 spiro atoms. The molecule has 1 aliphatic rings. The van der Waals surface area contributed by atoms with Gasteiger partial charge in [-0.25, -0.2) is 0 Å². The summed E-state index contributed by atoms with van der Waals surface area (Å²) in [5, 5.41) is 0. The standard InChI is InChI=1S/C15H15B/c1-10-6-7-11-9-12-4-3-5-14(16-2)15(12)13(11)8-10/h3-8,16H,9H2,1-2H3. The number of aryl methyl sites for hydroxylation is 1. The Hall–Kier alpha value is -1.50. The van der Waals surface area contributed by atoms with Crippen molar-refractivity contribution in [1.29, 1.82) is 0 Å². The van der Waals surface area contributed by atoms with Crippen molar-refractivity contribution in [3.63, 3.8) is 0 Å². The van der Waals surface area contributed by atoms with Gasteiger partial charge in [-0.15, -0.1) is 0 Å². The van der Waals surface area contributed by atoms with Crippen molar-refractivity contribution in [3.05, 3.63) is 53.1 Å². The molecule has 0 fully saturated rings. The zero-order valence-corrected chi connectivity index (χ0v) is 9.88. The third kappa shape index (κ3) is 1.31. The quantitative estimate of drug-likeness (QED) is 0.537. The van der Waals surface area contributed by atoms with Crippen LogP contribution in [0.2, 0.25) is 6.82 Å². The van der Waals surface area contributed by atoms with Crippen molar-refractivity contribution in [2.75, 3.05) is 0 Å². The fourth-order valence-corrected chi connectivity index (χ4v) is 2.72. The summed E-state index contributed by atoms with van der Waals surface area (Å²) >= 11 is 0. The van der Waals surface area contributed by atoms with Crippen molar-refractivity contribution >= 4 is 12.7 Å². The summed E-state index contributed by atoms with van der Waals surface area (Å²) in [7, 11) is 1.12. The average molecular weight is 206 g/mol. The largest absolute Gasteiger partial charge is 0.155 e. The Morgan fingerprint density at radius 3 is 2.75 bits per heavy atom. The van der Waals surface area contributed by atoms with Crippen LogP contribution in [-0.4, -0.2) is 7.28 Å². The van der Waals surface area contributed by atoms with Gasteiger partial charge in [0.15, 0.2) is 7.28 Å². The molecular weight excluding hydrogens is 191 g/mol. The van der Waals surface area contributed by atoms with Gasteiger partial charge in [0, 0.05) is 0 Å². The van der Waals surface area contributed by atoms with E-state index in [1.165, 1.54) is 33.3 Å². The molecule has 0 heterocycles. The van der Waals surface area contributed by atoms with Gasteiger partial charge in [0.25, 0.3) is 0 Å². The molecule has 0 aromatic heterocycles. The third-order valence-electron chi connectivity index (χ3n) is 3.53. The van der Waals surface area contributed by atoms with E-state index in [-0.39, 0.29) is 0 Å². The Kier molecular flexibility index (Phi) is 2.13. The van der Waals surface area contributed by atoms with Crippen LogP contribution in [0.15, 0.2) is 36.4 Å². The maximum atomic E-state index is 2.33. The van der Waals surface area contributed by atoms with E-state index in [2.05, 4.69) is 50.1 Å². The molecule has 0 saturated heterocycles. The minimum Gasteiger partial charge on any atom is -0.0849 e. The van der Waals surface area contributed by atoms with Crippen molar-refractivity contribution < 1.29 is 0 Å². The Balaban J connectivity index is 2.29. The lowest BCUT2D eigenvalue weighted by Gasteiger charge is -2.07. The molecule has 0 bridgehead atoms. The summed E-state index contributed by atoms with van der Waals surface area (Å²) < 4.78 is 0. The Labute approximate surface area is 97.6 Å². The molecule has 0 saturated carbocycles. The van der Waals surface area contributed by atoms with E-state index in [1.54, 1.807) is 0 Å². The van der Waals surface area contributed by atoms with Gasteiger partial charge in [0.05, 0.1) is 0 Å². The molecule has 0 amide bonds. The fraction of sp³-hybridized carbons (Fsp3) is 0.200. The minimum atomic E-state index is 1.11. The van der Waals surface area contributed by atoms with Gasteiger partial charge in [-0.3, -0.25) is 0 Å².